The Hall–Kier alpha value is -1.33. The van der Waals surface area contributed by atoms with Gasteiger partial charge in [-0.05, 0) is 38.0 Å². The van der Waals surface area contributed by atoms with Crippen molar-refractivity contribution in [3.8, 4) is 11.6 Å². The van der Waals surface area contributed by atoms with Gasteiger partial charge in [0.1, 0.15) is 5.75 Å². The Morgan fingerprint density at radius 3 is 2.85 bits per heavy atom. The Morgan fingerprint density at radius 2 is 2.20 bits per heavy atom. The van der Waals surface area contributed by atoms with E-state index in [1.165, 1.54) is 0 Å². The summed E-state index contributed by atoms with van der Waals surface area (Å²) in [6.45, 7) is 4.08. The van der Waals surface area contributed by atoms with Gasteiger partial charge in [-0.3, -0.25) is 0 Å². The Bertz CT molecular complexity index is 595. The molecular weight excluding hydrogens is 318 g/mol. The van der Waals surface area contributed by atoms with Gasteiger partial charge in [0, 0.05) is 23.1 Å². The molecule has 0 bridgehead atoms. The van der Waals surface area contributed by atoms with Gasteiger partial charge >= 0.3 is 0 Å². The van der Waals surface area contributed by atoms with Crippen LogP contribution in [0.2, 0.25) is 0 Å². The summed E-state index contributed by atoms with van der Waals surface area (Å²) >= 11 is 3.45. The van der Waals surface area contributed by atoms with E-state index in [0.717, 1.165) is 40.2 Å². The van der Waals surface area contributed by atoms with Gasteiger partial charge in [0.15, 0.2) is 0 Å². The zero-order chi connectivity index (χ0) is 14.7. The number of hydrogen-bond donors (Lipinski definition) is 1. The molecule has 4 nitrogen and oxygen atoms in total. The maximum Gasteiger partial charge on any atom is 0.221 e. The minimum absolute atomic E-state index is 0.128. The van der Waals surface area contributed by atoms with Crippen LogP contribution in [-0.4, -0.2) is 15.8 Å². The van der Waals surface area contributed by atoms with Crippen molar-refractivity contribution in [1.29, 1.82) is 0 Å². The van der Waals surface area contributed by atoms with E-state index in [-0.39, 0.29) is 6.04 Å². The van der Waals surface area contributed by atoms with Crippen molar-refractivity contribution < 1.29 is 4.74 Å². The fourth-order valence-corrected chi connectivity index (χ4v) is 2.47. The van der Waals surface area contributed by atoms with Gasteiger partial charge < -0.3 is 10.5 Å². The van der Waals surface area contributed by atoms with Crippen molar-refractivity contribution in [3.63, 3.8) is 0 Å². The van der Waals surface area contributed by atoms with E-state index >= 15 is 0 Å². The Balaban J connectivity index is 2.31. The molecule has 1 atom stereocenters. The molecule has 0 radical (unpaired) electrons. The van der Waals surface area contributed by atoms with E-state index in [1.54, 1.807) is 4.68 Å². The SMILES string of the molecule is CCC(N)Cc1c(C)nn(C)c1Oc1cccc(Br)c1. The number of halogens is 1. The second-order valence-corrected chi connectivity index (χ2v) is 5.84. The van der Waals surface area contributed by atoms with Gasteiger partial charge in [0.05, 0.1) is 5.69 Å². The fraction of sp³-hybridized carbons (Fsp3) is 0.400. The van der Waals surface area contributed by atoms with E-state index in [1.807, 2.05) is 38.2 Å². The maximum absolute atomic E-state index is 6.07. The molecule has 0 spiro atoms. The maximum atomic E-state index is 6.07. The van der Waals surface area contributed by atoms with E-state index in [2.05, 4.69) is 28.0 Å². The topological polar surface area (TPSA) is 53.1 Å². The molecule has 5 heteroatoms. The van der Waals surface area contributed by atoms with Crippen molar-refractivity contribution in [1.82, 2.24) is 9.78 Å². The van der Waals surface area contributed by atoms with Crippen LogP contribution in [0.5, 0.6) is 11.6 Å². The molecule has 0 saturated carbocycles. The third-order valence-corrected chi connectivity index (χ3v) is 3.78. The summed E-state index contributed by atoms with van der Waals surface area (Å²) in [4.78, 5) is 0. The highest BCUT2D eigenvalue weighted by Gasteiger charge is 2.17. The number of nitrogens with zero attached hydrogens (tertiary/aromatic N) is 2. The molecule has 2 rings (SSSR count). The average Bonchev–Trinajstić information content (AvgIpc) is 2.65. The van der Waals surface area contributed by atoms with Crippen LogP contribution >= 0.6 is 15.9 Å². The Kier molecular flexibility index (Phi) is 4.83. The summed E-state index contributed by atoms with van der Waals surface area (Å²) in [5.74, 6) is 1.55. The standard InChI is InChI=1S/C15H20BrN3O/c1-4-12(17)9-14-10(2)18-19(3)15(14)20-13-7-5-6-11(16)8-13/h5-8,12H,4,9,17H2,1-3H3. The smallest absolute Gasteiger partial charge is 0.221 e. The van der Waals surface area contributed by atoms with Gasteiger partial charge in [-0.15, -0.1) is 0 Å². The minimum Gasteiger partial charge on any atom is -0.439 e. The molecule has 0 fully saturated rings. The van der Waals surface area contributed by atoms with Crippen LogP contribution in [0.3, 0.4) is 0 Å². The molecule has 1 unspecified atom stereocenters. The first kappa shape index (κ1) is 15.1. The van der Waals surface area contributed by atoms with E-state index in [9.17, 15) is 0 Å². The van der Waals surface area contributed by atoms with Crippen LogP contribution in [0.15, 0.2) is 28.7 Å². The zero-order valence-electron chi connectivity index (χ0n) is 12.1. The van der Waals surface area contributed by atoms with Crippen molar-refractivity contribution in [2.45, 2.75) is 32.7 Å². The molecule has 2 aromatic rings. The summed E-state index contributed by atoms with van der Waals surface area (Å²) in [5, 5.41) is 4.44. The van der Waals surface area contributed by atoms with E-state index < -0.39 is 0 Å². The van der Waals surface area contributed by atoms with Gasteiger partial charge in [0.25, 0.3) is 0 Å². The Labute approximate surface area is 128 Å². The number of benzene rings is 1. The summed E-state index contributed by atoms with van der Waals surface area (Å²) in [6.07, 6.45) is 1.71. The highest BCUT2D eigenvalue weighted by molar-refractivity contribution is 9.10. The van der Waals surface area contributed by atoms with Crippen LogP contribution < -0.4 is 10.5 Å². The molecule has 0 amide bonds. The molecule has 108 valence electrons. The first-order valence-electron chi connectivity index (χ1n) is 6.72. The lowest BCUT2D eigenvalue weighted by atomic mass is 10.1. The van der Waals surface area contributed by atoms with Crippen LogP contribution in [0.4, 0.5) is 0 Å². The number of rotatable bonds is 5. The van der Waals surface area contributed by atoms with Crippen molar-refractivity contribution in [3.05, 3.63) is 40.0 Å². The van der Waals surface area contributed by atoms with Crippen LogP contribution in [0, 0.1) is 6.92 Å². The van der Waals surface area contributed by atoms with Crippen LogP contribution in [0.25, 0.3) is 0 Å². The molecule has 0 aliphatic carbocycles. The van der Waals surface area contributed by atoms with Gasteiger partial charge in [-0.2, -0.15) is 5.10 Å². The highest BCUT2D eigenvalue weighted by atomic mass is 79.9. The molecule has 0 aliphatic rings. The second-order valence-electron chi connectivity index (χ2n) is 4.92. The Morgan fingerprint density at radius 1 is 1.45 bits per heavy atom. The molecule has 1 aromatic carbocycles. The summed E-state index contributed by atoms with van der Waals surface area (Å²) in [6, 6.07) is 7.90. The largest absolute Gasteiger partial charge is 0.439 e. The number of aromatic nitrogens is 2. The first-order valence-corrected chi connectivity index (χ1v) is 7.52. The fourth-order valence-electron chi connectivity index (χ4n) is 2.09. The third kappa shape index (κ3) is 3.41. The lowest BCUT2D eigenvalue weighted by molar-refractivity contribution is 0.423. The predicted octanol–water partition coefficient (Wildman–Crippen LogP) is 3.56. The normalized spacial score (nSPS) is 12.4. The van der Waals surface area contributed by atoms with E-state index in [4.69, 9.17) is 10.5 Å². The van der Waals surface area contributed by atoms with E-state index in [0.29, 0.717) is 0 Å². The third-order valence-electron chi connectivity index (χ3n) is 3.29. The van der Waals surface area contributed by atoms with Gasteiger partial charge in [-0.25, -0.2) is 4.68 Å². The number of ether oxygens (including phenoxy) is 1. The molecule has 0 aliphatic heterocycles. The zero-order valence-corrected chi connectivity index (χ0v) is 13.6. The highest BCUT2D eigenvalue weighted by Crippen LogP contribution is 2.29. The molecule has 2 N–H and O–H groups in total. The summed E-state index contributed by atoms with van der Waals surface area (Å²) in [5.41, 5.74) is 8.13. The average molecular weight is 338 g/mol. The van der Waals surface area contributed by atoms with Crippen LogP contribution in [0.1, 0.15) is 24.6 Å². The molecule has 20 heavy (non-hydrogen) atoms. The quantitative estimate of drug-likeness (QED) is 0.907. The lowest BCUT2D eigenvalue weighted by Crippen LogP contribution is -2.21. The summed E-state index contributed by atoms with van der Waals surface area (Å²) < 4.78 is 8.76. The molecular formula is C15H20BrN3O. The lowest BCUT2D eigenvalue weighted by Gasteiger charge is -2.12. The molecule has 0 saturated heterocycles. The second kappa shape index (κ2) is 6.41. The predicted molar refractivity (Wildman–Crippen MR) is 84.1 cm³/mol. The van der Waals surface area contributed by atoms with Gasteiger partial charge in [-0.1, -0.05) is 28.9 Å². The van der Waals surface area contributed by atoms with Crippen molar-refractivity contribution >= 4 is 15.9 Å². The number of nitrogens with two attached hydrogens (primary N) is 1. The first-order chi connectivity index (χ1) is 9.51. The van der Waals surface area contributed by atoms with Gasteiger partial charge in [0.2, 0.25) is 5.88 Å². The van der Waals surface area contributed by atoms with Crippen LogP contribution in [-0.2, 0) is 13.5 Å². The van der Waals surface area contributed by atoms with Crippen molar-refractivity contribution in [2.24, 2.45) is 12.8 Å². The molecule has 1 aromatic heterocycles. The summed E-state index contributed by atoms with van der Waals surface area (Å²) in [7, 11) is 1.89. The van der Waals surface area contributed by atoms with Crippen molar-refractivity contribution in [2.75, 3.05) is 0 Å². The monoisotopic (exact) mass is 337 g/mol. The number of aryl methyl sites for hydroxylation is 2. The molecule has 1 heterocycles. The minimum atomic E-state index is 0.128. The number of hydrogen-bond acceptors (Lipinski definition) is 3.